The second-order valence-corrected chi connectivity index (χ2v) is 5.45. The fourth-order valence-electron chi connectivity index (χ4n) is 1.85. The van der Waals surface area contributed by atoms with Crippen LogP contribution in [0.5, 0.6) is 0 Å². The van der Waals surface area contributed by atoms with E-state index in [1.165, 1.54) is 0 Å². The van der Waals surface area contributed by atoms with Gasteiger partial charge in [-0.3, -0.25) is 0 Å². The smallest absolute Gasteiger partial charge is 0.102 e. The van der Waals surface area contributed by atoms with Crippen LogP contribution >= 0.6 is 0 Å². The number of rotatable bonds is 6. The molecule has 0 bridgehead atoms. The van der Waals surface area contributed by atoms with Crippen LogP contribution < -0.4 is 5.32 Å². The number of nitrogens with one attached hydrogen (secondary N) is 1. The van der Waals surface area contributed by atoms with E-state index in [1.54, 1.807) is 0 Å². The van der Waals surface area contributed by atoms with Crippen molar-refractivity contribution in [3.63, 3.8) is 0 Å². The minimum atomic E-state index is -0.689. The Morgan fingerprint density at radius 3 is 2.88 bits per heavy atom. The lowest BCUT2D eigenvalue weighted by Crippen LogP contribution is -2.43. The predicted molar refractivity (Wildman–Crippen MR) is 61.9 cm³/mol. The van der Waals surface area contributed by atoms with Crippen molar-refractivity contribution in [2.24, 2.45) is 5.41 Å². The Balaban J connectivity index is 2.21. The molecular formula is C12H22N2O2. The third-order valence-electron chi connectivity index (χ3n) is 3.05. The van der Waals surface area contributed by atoms with Crippen LogP contribution in [-0.2, 0) is 4.74 Å². The van der Waals surface area contributed by atoms with E-state index in [0.717, 1.165) is 13.0 Å². The van der Waals surface area contributed by atoms with Gasteiger partial charge in [0.25, 0.3) is 0 Å². The molecule has 4 nitrogen and oxygen atoms in total. The maximum atomic E-state index is 10.0. The summed E-state index contributed by atoms with van der Waals surface area (Å²) in [7, 11) is 0. The molecule has 92 valence electrons. The van der Waals surface area contributed by atoms with E-state index in [4.69, 9.17) is 10.00 Å². The van der Waals surface area contributed by atoms with Gasteiger partial charge in [0.15, 0.2) is 0 Å². The molecule has 1 atom stereocenters. The van der Waals surface area contributed by atoms with Gasteiger partial charge < -0.3 is 15.2 Å². The van der Waals surface area contributed by atoms with Gasteiger partial charge in [-0.2, -0.15) is 5.26 Å². The lowest BCUT2D eigenvalue weighted by Gasteiger charge is -2.27. The summed E-state index contributed by atoms with van der Waals surface area (Å²) in [6, 6.07) is 2.17. The minimum absolute atomic E-state index is 0.103. The summed E-state index contributed by atoms with van der Waals surface area (Å²) in [5, 5.41) is 21.8. The van der Waals surface area contributed by atoms with Crippen LogP contribution in [0.1, 0.15) is 33.1 Å². The van der Waals surface area contributed by atoms with Gasteiger partial charge in [-0.25, -0.2) is 0 Å². The Hall–Kier alpha value is -0.630. The summed E-state index contributed by atoms with van der Waals surface area (Å²) >= 11 is 0. The maximum Gasteiger partial charge on any atom is 0.102 e. The molecule has 1 unspecified atom stereocenters. The molecule has 1 saturated heterocycles. The molecule has 0 aliphatic carbocycles. The first-order valence-corrected chi connectivity index (χ1v) is 5.85. The largest absolute Gasteiger partial charge is 0.386 e. The predicted octanol–water partition coefficient (Wildman–Crippen LogP) is 1.06. The van der Waals surface area contributed by atoms with Crippen molar-refractivity contribution in [2.45, 2.75) is 38.7 Å². The van der Waals surface area contributed by atoms with Gasteiger partial charge in [0, 0.05) is 32.5 Å². The number of nitriles is 1. The number of hydrogen-bond acceptors (Lipinski definition) is 4. The first-order chi connectivity index (χ1) is 7.47. The third kappa shape index (κ3) is 4.48. The normalized spacial score (nSPS) is 25.6. The van der Waals surface area contributed by atoms with Gasteiger partial charge in [0.1, 0.15) is 5.60 Å². The van der Waals surface area contributed by atoms with E-state index >= 15 is 0 Å². The molecule has 0 radical (unpaired) electrons. The summed E-state index contributed by atoms with van der Waals surface area (Å²) in [6.07, 6.45) is 2.17. The second kappa shape index (κ2) is 5.62. The highest BCUT2D eigenvalue weighted by molar-refractivity contribution is 4.86. The Labute approximate surface area is 97.6 Å². The SMILES string of the molecule is CC(C)(CCC#N)CNCC1(O)CCOC1. The molecule has 0 saturated carbocycles. The van der Waals surface area contributed by atoms with Crippen molar-refractivity contribution in [1.29, 1.82) is 5.26 Å². The lowest BCUT2D eigenvalue weighted by molar-refractivity contribution is 0.0252. The van der Waals surface area contributed by atoms with E-state index in [-0.39, 0.29) is 5.41 Å². The van der Waals surface area contributed by atoms with Crippen molar-refractivity contribution in [1.82, 2.24) is 5.32 Å². The lowest BCUT2D eigenvalue weighted by atomic mass is 9.87. The molecule has 0 aromatic heterocycles. The van der Waals surface area contributed by atoms with Crippen LogP contribution in [0.25, 0.3) is 0 Å². The molecule has 4 heteroatoms. The van der Waals surface area contributed by atoms with E-state index in [0.29, 0.717) is 32.6 Å². The number of aliphatic hydroxyl groups is 1. The molecule has 1 heterocycles. The zero-order valence-electron chi connectivity index (χ0n) is 10.3. The highest BCUT2D eigenvalue weighted by Crippen LogP contribution is 2.22. The first kappa shape index (κ1) is 13.4. The van der Waals surface area contributed by atoms with E-state index in [9.17, 15) is 5.11 Å². The summed E-state index contributed by atoms with van der Waals surface area (Å²) in [4.78, 5) is 0. The second-order valence-electron chi connectivity index (χ2n) is 5.45. The Morgan fingerprint density at radius 1 is 1.56 bits per heavy atom. The van der Waals surface area contributed by atoms with Crippen LogP contribution in [0.3, 0.4) is 0 Å². The molecule has 0 amide bonds. The molecule has 0 aromatic rings. The van der Waals surface area contributed by atoms with Gasteiger partial charge in [-0.1, -0.05) is 13.8 Å². The molecule has 1 aliphatic rings. The summed E-state index contributed by atoms with van der Waals surface area (Å²) in [5.74, 6) is 0. The highest BCUT2D eigenvalue weighted by atomic mass is 16.5. The first-order valence-electron chi connectivity index (χ1n) is 5.85. The molecule has 1 aliphatic heterocycles. The molecule has 1 rings (SSSR count). The Kier molecular flexibility index (Phi) is 4.72. The summed E-state index contributed by atoms with van der Waals surface area (Å²) < 4.78 is 5.17. The average Bonchev–Trinajstić information content (AvgIpc) is 2.62. The van der Waals surface area contributed by atoms with Gasteiger partial charge >= 0.3 is 0 Å². The molecule has 0 spiro atoms. The number of ether oxygens (including phenoxy) is 1. The number of hydrogen-bond donors (Lipinski definition) is 2. The van der Waals surface area contributed by atoms with Crippen LogP contribution in [0, 0.1) is 16.7 Å². The van der Waals surface area contributed by atoms with Crippen molar-refractivity contribution in [3.8, 4) is 6.07 Å². The van der Waals surface area contributed by atoms with Gasteiger partial charge in [-0.15, -0.1) is 0 Å². The molecule has 1 fully saturated rings. The fraction of sp³-hybridized carbons (Fsp3) is 0.917. The molecule has 2 N–H and O–H groups in total. The van der Waals surface area contributed by atoms with Gasteiger partial charge in [0.05, 0.1) is 12.7 Å². The average molecular weight is 226 g/mol. The third-order valence-corrected chi connectivity index (χ3v) is 3.05. The molecule has 0 aromatic carbocycles. The quantitative estimate of drug-likeness (QED) is 0.710. The highest BCUT2D eigenvalue weighted by Gasteiger charge is 2.32. The van der Waals surface area contributed by atoms with Crippen molar-refractivity contribution >= 4 is 0 Å². The standard InChI is InChI=1S/C12H22N2O2/c1-11(2,4-3-6-13)8-14-9-12(15)5-7-16-10-12/h14-15H,3-5,7-10H2,1-2H3. The molecular weight excluding hydrogens is 204 g/mol. The summed E-state index contributed by atoms with van der Waals surface area (Å²) in [5.41, 5.74) is -0.586. The number of nitrogens with zero attached hydrogens (tertiary/aromatic N) is 1. The van der Waals surface area contributed by atoms with Crippen LogP contribution in [0.4, 0.5) is 0 Å². The van der Waals surface area contributed by atoms with E-state index in [1.807, 2.05) is 0 Å². The minimum Gasteiger partial charge on any atom is -0.386 e. The van der Waals surface area contributed by atoms with Crippen molar-refractivity contribution < 1.29 is 9.84 Å². The van der Waals surface area contributed by atoms with Gasteiger partial charge in [0.2, 0.25) is 0 Å². The van der Waals surface area contributed by atoms with Crippen LogP contribution in [0.15, 0.2) is 0 Å². The summed E-state index contributed by atoms with van der Waals surface area (Å²) in [6.45, 7) is 6.73. The topological polar surface area (TPSA) is 65.3 Å². The van der Waals surface area contributed by atoms with Crippen molar-refractivity contribution in [3.05, 3.63) is 0 Å². The van der Waals surface area contributed by atoms with Gasteiger partial charge in [-0.05, 0) is 11.8 Å². The van der Waals surface area contributed by atoms with Crippen molar-refractivity contribution in [2.75, 3.05) is 26.3 Å². The molecule has 16 heavy (non-hydrogen) atoms. The fourth-order valence-corrected chi connectivity index (χ4v) is 1.85. The zero-order valence-corrected chi connectivity index (χ0v) is 10.3. The monoisotopic (exact) mass is 226 g/mol. The van der Waals surface area contributed by atoms with Crippen LogP contribution in [0.2, 0.25) is 0 Å². The Bertz CT molecular complexity index is 252. The Morgan fingerprint density at radius 2 is 2.31 bits per heavy atom. The van der Waals surface area contributed by atoms with Crippen LogP contribution in [-0.4, -0.2) is 37.0 Å². The maximum absolute atomic E-state index is 10.0. The van der Waals surface area contributed by atoms with E-state index < -0.39 is 5.60 Å². The van der Waals surface area contributed by atoms with E-state index in [2.05, 4.69) is 25.2 Å². The zero-order chi connectivity index (χ0) is 12.1.